The number of carbonyl (C=O) groups is 7. The number of carbonyl (C=O) groups excluding carboxylic acids is 7. The van der Waals surface area contributed by atoms with Crippen LogP contribution >= 0.6 is 0 Å². The van der Waals surface area contributed by atoms with Crippen LogP contribution in [0.4, 0.5) is 0 Å². The summed E-state index contributed by atoms with van der Waals surface area (Å²) in [5.74, 6) is -8.97. The first kappa shape index (κ1) is 62.0. The van der Waals surface area contributed by atoms with E-state index in [-0.39, 0.29) is 24.3 Å². The van der Waals surface area contributed by atoms with Gasteiger partial charge in [0.2, 0.25) is 41.4 Å². The molecule has 75 heavy (non-hydrogen) atoms. The third kappa shape index (κ3) is 18.0. The topological polar surface area (TPSA) is 368 Å². The zero-order valence-electron chi connectivity index (χ0n) is 43.4. The maximum atomic E-state index is 14.3. The van der Waals surface area contributed by atoms with Crippen molar-refractivity contribution in [3.8, 4) is 5.75 Å². The number of phenolic OH excluding ortho intramolecular Hbond substituents is 1. The van der Waals surface area contributed by atoms with E-state index in [2.05, 4.69) is 57.8 Å². The quantitative estimate of drug-likeness (QED) is 0.0531. The van der Waals surface area contributed by atoms with Crippen molar-refractivity contribution in [2.75, 3.05) is 13.1 Å². The first-order chi connectivity index (χ1) is 35.6. The van der Waals surface area contributed by atoms with E-state index in [0.29, 0.717) is 12.8 Å². The Hall–Kier alpha value is -5.53. The number of phenols is 1. The number of amides is 7. The minimum atomic E-state index is -2.27. The number of allylic oxidation sites excluding steroid dienone is 4. The molecular weight excluding hydrogens is 979 g/mol. The first-order valence-corrected chi connectivity index (χ1v) is 26.2. The van der Waals surface area contributed by atoms with Crippen LogP contribution < -0.4 is 26.6 Å². The second-order valence-corrected chi connectivity index (χ2v) is 20.1. The Morgan fingerprint density at radius 3 is 1.85 bits per heavy atom. The van der Waals surface area contributed by atoms with E-state index in [4.69, 9.17) is 0 Å². The fourth-order valence-electron chi connectivity index (χ4n) is 9.39. The summed E-state index contributed by atoms with van der Waals surface area (Å²) in [7, 11) is 0. The van der Waals surface area contributed by atoms with Crippen molar-refractivity contribution in [3.63, 3.8) is 0 Å². The Kier molecular flexibility index (Phi) is 25.0. The number of nitrogens with zero attached hydrogens (tertiary/aromatic N) is 2. The van der Waals surface area contributed by atoms with Crippen LogP contribution in [0.3, 0.4) is 0 Å². The second kappa shape index (κ2) is 30.3. The van der Waals surface area contributed by atoms with Crippen LogP contribution in [-0.2, 0) is 33.6 Å². The van der Waals surface area contributed by atoms with Gasteiger partial charge in [-0.25, -0.2) is 0 Å². The van der Waals surface area contributed by atoms with Crippen LogP contribution in [0.1, 0.15) is 129 Å². The molecule has 23 nitrogen and oxygen atoms in total. The van der Waals surface area contributed by atoms with Gasteiger partial charge in [-0.1, -0.05) is 82.4 Å². The summed E-state index contributed by atoms with van der Waals surface area (Å²) in [6.07, 6.45) is 2.50. The van der Waals surface area contributed by atoms with Crippen molar-refractivity contribution in [2.45, 2.75) is 203 Å². The number of aliphatic hydroxyl groups is 8. The van der Waals surface area contributed by atoms with E-state index in [0.717, 1.165) is 74.3 Å². The van der Waals surface area contributed by atoms with Gasteiger partial charge >= 0.3 is 0 Å². The minimum Gasteiger partial charge on any atom is -0.508 e. The number of nitrogens with one attached hydrogen (secondary N) is 5. The van der Waals surface area contributed by atoms with E-state index in [1.807, 2.05) is 0 Å². The highest BCUT2D eigenvalue weighted by Crippen LogP contribution is 2.28. The molecule has 3 aliphatic heterocycles. The fraction of sp³-hybridized carbons (Fsp3) is 0.673. The standard InChI is InChI=1S/C52H81N7O16/c1-5-6-7-8-9-10-11-12-13-14-15-16-17-18-19-20-38(65)53-35-26-37(64)48(71)57-50(73)42-43(66)29(2)27-59(42)52(75)40(31(4)61)55-49(72)41(45(68)44(67)32-21-23-33(62)24-22-32)56-47(70)36-25-34(63)28-58(36)51(74)39(30(3)60)54-46(35)69/h9-10,12-13,21-24,29-31,34-37,39-45,48,60-64,66-68,71H,5-8,11,14-20,25-28H2,1-4H3,(H,53,65)(H,54,69)(H,55,72)(H,56,70)(H,57,73)/b10-9+,13-12-. The Bertz CT molecular complexity index is 2110. The van der Waals surface area contributed by atoms with Crippen molar-refractivity contribution >= 4 is 41.4 Å². The lowest BCUT2D eigenvalue weighted by Crippen LogP contribution is -2.64. The van der Waals surface area contributed by atoms with Gasteiger partial charge in [-0.15, -0.1) is 0 Å². The molecule has 1 aromatic rings. The molecule has 15 atom stereocenters. The number of hydrogen-bond acceptors (Lipinski definition) is 16. The Morgan fingerprint density at radius 2 is 1.24 bits per heavy atom. The van der Waals surface area contributed by atoms with Crippen LogP contribution in [0.5, 0.6) is 5.75 Å². The number of benzene rings is 1. The van der Waals surface area contributed by atoms with Crippen LogP contribution in [0.15, 0.2) is 48.6 Å². The van der Waals surface area contributed by atoms with Crippen molar-refractivity contribution < 1.29 is 79.5 Å². The number of aliphatic hydroxyl groups excluding tert-OH is 8. The van der Waals surface area contributed by atoms with Crippen LogP contribution in [0.2, 0.25) is 0 Å². The van der Waals surface area contributed by atoms with Gasteiger partial charge in [0, 0.05) is 38.3 Å². The molecule has 3 heterocycles. The lowest BCUT2D eigenvalue weighted by atomic mass is 9.96. The predicted octanol–water partition coefficient (Wildman–Crippen LogP) is -1.33. The zero-order chi connectivity index (χ0) is 55.5. The van der Waals surface area contributed by atoms with Gasteiger partial charge in [-0.2, -0.15) is 0 Å². The molecule has 14 N–H and O–H groups in total. The molecule has 0 aromatic heterocycles. The Morgan fingerprint density at radius 1 is 0.680 bits per heavy atom. The molecule has 3 saturated heterocycles. The largest absolute Gasteiger partial charge is 0.508 e. The highest BCUT2D eigenvalue weighted by Gasteiger charge is 2.50. The molecule has 0 spiro atoms. The van der Waals surface area contributed by atoms with Crippen molar-refractivity contribution in [1.82, 2.24) is 36.4 Å². The molecule has 7 amide bonds. The van der Waals surface area contributed by atoms with Crippen molar-refractivity contribution in [3.05, 3.63) is 54.1 Å². The molecule has 0 saturated carbocycles. The van der Waals surface area contributed by atoms with Crippen LogP contribution in [-0.4, -0.2) is 189 Å². The Labute approximate surface area is 437 Å². The minimum absolute atomic E-state index is 0.0614. The number of rotatable bonds is 20. The summed E-state index contributed by atoms with van der Waals surface area (Å²) < 4.78 is 0. The van der Waals surface area contributed by atoms with Crippen LogP contribution in [0.25, 0.3) is 0 Å². The van der Waals surface area contributed by atoms with E-state index in [1.165, 1.54) is 38.3 Å². The average Bonchev–Trinajstić information content (AvgIpc) is 3.91. The maximum Gasteiger partial charge on any atom is 0.248 e. The third-order valence-corrected chi connectivity index (χ3v) is 13.9. The van der Waals surface area contributed by atoms with E-state index < -0.39 is 152 Å². The molecule has 15 unspecified atom stereocenters. The molecule has 1 aromatic carbocycles. The van der Waals surface area contributed by atoms with Crippen molar-refractivity contribution in [1.29, 1.82) is 0 Å². The molecule has 3 fully saturated rings. The van der Waals surface area contributed by atoms with Gasteiger partial charge in [0.1, 0.15) is 60.3 Å². The fourth-order valence-corrected chi connectivity index (χ4v) is 9.39. The summed E-state index contributed by atoms with van der Waals surface area (Å²) in [5.41, 5.74) is -0.0614. The molecule has 420 valence electrons. The van der Waals surface area contributed by atoms with E-state index in [1.54, 1.807) is 0 Å². The van der Waals surface area contributed by atoms with Gasteiger partial charge < -0.3 is 82.3 Å². The smallest absolute Gasteiger partial charge is 0.248 e. The predicted molar refractivity (Wildman–Crippen MR) is 271 cm³/mol. The second-order valence-electron chi connectivity index (χ2n) is 20.1. The zero-order valence-corrected chi connectivity index (χ0v) is 43.4. The lowest BCUT2D eigenvalue weighted by Gasteiger charge is -2.34. The summed E-state index contributed by atoms with van der Waals surface area (Å²) in [4.78, 5) is 100. The van der Waals surface area contributed by atoms with Crippen molar-refractivity contribution in [2.24, 2.45) is 5.92 Å². The summed E-state index contributed by atoms with van der Waals surface area (Å²) >= 11 is 0. The lowest BCUT2D eigenvalue weighted by molar-refractivity contribution is -0.148. The normalized spacial score (nSPS) is 29.4. The highest BCUT2D eigenvalue weighted by molar-refractivity contribution is 5.98. The van der Waals surface area contributed by atoms with Gasteiger partial charge in [-0.05, 0) is 70.1 Å². The monoisotopic (exact) mass is 1060 g/mol. The highest BCUT2D eigenvalue weighted by atomic mass is 16.3. The van der Waals surface area contributed by atoms with Gasteiger partial charge in [-0.3, -0.25) is 33.6 Å². The molecule has 4 rings (SSSR count). The van der Waals surface area contributed by atoms with E-state index >= 15 is 0 Å². The molecule has 0 radical (unpaired) electrons. The molecule has 3 aliphatic rings. The maximum absolute atomic E-state index is 14.3. The molecular formula is C52H81N7O16. The summed E-state index contributed by atoms with van der Waals surface area (Å²) in [5, 5.41) is 110. The molecule has 23 heteroatoms. The Balaban J connectivity index is 1.62. The number of fused-ring (bicyclic) bond motifs is 2. The SMILES string of the molecule is CCCCC/C=C/C/C=C\CCCCCCCC(=O)NC1CC(O)C(O)NC(=O)C2C(O)C(C)CN2C(=O)C(C(C)O)NC(=O)C(C(O)C(O)c2ccc(O)cc2)NC(=O)C2CC(O)CN2C(=O)C(C(C)O)NC1=O. The number of hydrogen-bond donors (Lipinski definition) is 14. The molecule has 0 aliphatic carbocycles. The van der Waals surface area contributed by atoms with Gasteiger partial charge in [0.05, 0.1) is 24.4 Å². The third-order valence-electron chi connectivity index (χ3n) is 13.9. The molecule has 0 bridgehead atoms. The van der Waals surface area contributed by atoms with Crippen LogP contribution in [0, 0.1) is 5.92 Å². The first-order valence-electron chi connectivity index (χ1n) is 26.2. The van der Waals surface area contributed by atoms with E-state index in [9.17, 15) is 79.5 Å². The van der Waals surface area contributed by atoms with Gasteiger partial charge in [0.15, 0.2) is 6.23 Å². The number of aromatic hydroxyl groups is 1. The average molecular weight is 1060 g/mol. The van der Waals surface area contributed by atoms with Gasteiger partial charge in [0.25, 0.3) is 0 Å². The summed E-state index contributed by atoms with van der Waals surface area (Å²) in [6, 6.07) is -6.61. The number of unbranched alkanes of at least 4 members (excludes halogenated alkanes) is 8. The summed E-state index contributed by atoms with van der Waals surface area (Å²) in [6.45, 7) is 4.97.